The standard InChI is InChI=1S/C17H23N5O3/c1-13-9-15(25-20-13)12-21-5-7-22(8-6-21)17(23)19-11-14-3-4-16(24-2)18-10-14/h3-4,9-10H,5-8,11-12H2,1-2H3,(H,19,23). The molecule has 0 atom stereocenters. The Bertz CT molecular complexity index is 693. The molecule has 0 radical (unpaired) electrons. The van der Waals surface area contributed by atoms with Crippen LogP contribution in [0, 0.1) is 6.92 Å². The number of methoxy groups -OCH3 is 1. The van der Waals surface area contributed by atoms with Crippen LogP contribution in [0.1, 0.15) is 17.0 Å². The number of hydrogen-bond donors (Lipinski definition) is 1. The van der Waals surface area contributed by atoms with Crippen LogP contribution in [0.4, 0.5) is 4.79 Å². The van der Waals surface area contributed by atoms with Crippen molar-refractivity contribution in [2.24, 2.45) is 0 Å². The number of nitrogens with zero attached hydrogens (tertiary/aromatic N) is 4. The van der Waals surface area contributed by atoms with Crippen LogP contribution in [0.5, 0.6) is 5.88 Å². The monoisotopic (exact) mass is 345 g/mol. The zero-order chi connectivity index (χ0) is 17.6. The Morgan fingerprint density at radius 3 is 2.72 bits per heavy atom. The molecule has 8 heteroatoms. The van der Waals surface area contributed by atoms with Gasteiger partial charge in [0, 0.05) is 51.1 Å². The molecule has 3 rings (SSSR count). The minimum atomic E-state index is -0.0500. The number of amides is 2. The fourth-order valence-electron chi connectivity index (χ4n) is 2.75. The number of piperazine rings is 1. The number of rotatable bonds is 5. The first-order chi connectivity index (χ1) is 12.1. The molecule has 1 saturated heterocycles. The van der Waals surface area contributed by atoms with E-state index >= 15 is 0 Å². The van der Waals surface area contributed by atoms with Gasteiger partial charge in [-0.1, -0.05) is 11.2 Å². The molecule has 0 aromatic carbocycles. The lowest BCUT2D eigenvalue weighted by Gasteiger charge is -2.34. The number of pyridine rings is 1. The maximum absolute atomic E-state index is 12.3. The van der Waals surface area contributed by atoms with E-state index in [2.05, 4.69) is 20.4 Å². The molecule has 2 aromatic heterocycles. The van der Waals surface area contributed by atoms with Crippen molar-refractivity contribution < 1.29 is 14.1 Å². The summed E-state index contributed by atoms with van der Waals surface area (Å²) in [6.45, 7) is 6.11. The number of hydrogen-bond acceptors (Lipinski definition) is 6. The van der Waals surface area contributed by atoms with Crippen molar-refractivity contribution in [1.82, 2.24) is 25.3 Å². The molecule has 2 aromatic rings. The minimum Gasteiger partial charge on any atom is -0.481 e. The number of ether oxygens (including phenoxy) is 1. The van der Waals surface area contributed by atoms with Gasteiger partial charge in [0.1, 0.15) is 0 Å². The Morgan fingerprint density at radius 1 is 1.32 bits per heavy atom. The summed E-state index contributed by atoms with van der Waals surface area (Å²) >= 11 is 0. The molecule has 0 spiro atoms. The van der Waals surface area contributed by atoms with Gasteiger partial charge in [-0.15, -0.1) is 0 Å². The van der Waals surface area contributed by atoms with Gasteiger partial charge in [0.2, 0.25) is 5.88 Å². The normalized spacial score (nSPS) is 15.2. The predicted molar refractivity (Wildman–Crippen MR) is 91.1 cm³/mol. The van der Waals surface area contributed by atoms with Crippen LogP contribution in [0.15, 0.2) is 28.9 Å². The largest absolute Gasteiger partial charge is 0.481 e. The van der Waals surface area contributed by atoms with Crippen molar-refractivity contribution in [3.05, 3.63) is 41.4 Å². The molecule has 1 aliphatic rings. The second kappa shape index (κ2) is 7.98. The summed E-state index contributed by atoms with van der Waals surface area (Å²) in [5.74, 6) is 1.43. The van der Waals surface area contributed by atoms with Gasteiger partial charge >= 0.3 is 6.03 Å². The third kappa shape index (κ3) is 4.69. The summed E-state index contributed by atoms with van der Waals surface area (Å²) in [6.07, 6.45) is 1.70. The first-order valence-corrected chi connectivity index (χ1v) is 8.30. The Kier molecular flexibility index (Phi) is 5.49. The lowest BCUT2D eigenvalue weighted by atomic mass is 10.3. The van der Waals surface area contributed by atoms with Crippen molar-refractivity contribution in [3.63, 3.8) is 0 Å². The summed E-state index contributed by atoms with van der Waals surface area (Å²) < 4.78 is 10.3. The summed E-state index contributed by atoms with van der Waals surface area (Å²) in [7, 11) is 1.58. The average molecular weight is 345 g/mol. The maximum atomic E-state index is 12.3. The Morgan fingerprint density at radius 2 is 2.12 bits per heavy atom. The van der Waals surface area contributed by atoms with E-state index in [0.29, 0.717) is 25.5 Å². The van der Waals surface area contributed by atoms with Crippen LogP contribution in [0.2, 0.25) is 0 Å². The van der Waals surface area contributed by atoms with Crippen LogP contribution >= 0.6 is 0 Å². The first kappa shape index (κ1) is 17.2. The highest BCUT2D eigenvalue weighted by Crippen LogP contribution is 2.10. The number of aryl methyl sites for hydroxylation is 1. The van der Waals surface area contributed by atoms with E-state index in [0.717, 1.165) is 36.7 Å². The molecule has 2 amide bonds. The average Bonchev–Trinajstić information content (AvgIpc) is 3.05. The second-order valence-electron chi connectivity index (χ2n) is 6.07. The topological polar surface area (TPSA) is 83.7 Å². The molecule has 0 unspecified atom stereocenters. The summed E-state index contributed by atoms with van der Waals surface area (Å²) in [4.78, 5) is 20.5. The Balaban J connectivity index is 1.41. The molecule has 0 bridgehead atoms. The number of nitrogens with one attached hydrogen (secondary N) is 1. The fraction of sp³-hybridized carbons (Fsp3) is 0.471. The zero-order valence-corrected chi connectivity index (χ0v) is 14.6. The fourth-order valence-corrected chi connectivity index (χ4v) is 2.75. The lowest BCUT2D eigenvalue weighted by Crippen LogP contribution is -2.51. The van der Waals surface area contributed by atoms with Crippen LogP contribution in [0.3, 0.4) is 0 Å². The van der Waals surface area contributed by atoms with Crippen LogP contribution in [-0.4, -0.2) is 59.3 Å². The number of carbonyl (C=O) groups excluding carboxylic acids is 1. The van der Waals surface area contributed by atoms with Gasteiger partial charge in [0.05, 0.1) is 19.3 Å². The minimum absolute atomic E-state index is 0.0500. The van der Waals surface area contributed by atoms with Crippen LogP contribution < -0.4 is 10.1 Å². The third-order valence-corrected chi connectivity index (χ3v) is 4.17. The molecule has 0 saturated carbocycles. The van der Waals surface area contributed by atoms with Gasteiger partial charge in [-0.05, 0) is 12.5 Å². The molecule has 1 fully saturated rings. The zero-order valence-electron chi connectivity index (χ0n) is 14.6. The molecule has 8 nitrogen and oxygen atoms in total. The molecule has 25 heavy (non-hydrogen) atoms. The van der Waals surface area contributed by atoms with E-state index in [4.69, 9.17) is 9.26 Å². The smallest absolute Gasteiger partial charge is 0.317 e. The molecular weight excluding hydrogens is 322 g/mol. The van der Waals surface area contributed by atoms with E-state index in [1.165, 1.54) is 0 Å². The van der Waals surface area contributed by atoms with Gasteiger partial charge in [-0.25, -0.2) is 9.78 Å². The number of urea groups is 1. The van der Waals surface area contributed by atoms with Gasteiger partial charge < -0.3 is 19.5 Å². The number of carbonyl (C=O) groups is 1. The van der Waals surface area contributed by atoms with Crippen molar-refractivity contribution in [3.8, 4) is 5.88 Å². The summed E-state index contributed by atoms with van der Waals surface area (Å²) in [6, 6.07) is 5.57. The van der Waals surface area contributed by atoms with Gasteiger partial charge in [-0.2, -0.15) is 0 Å². The highest BCUT2D eigenvalue weighted by molar-refractivity contribution is 5.74. The molecular formula is C17H23N5O3. The quantitative estimate of drug-likeness (QED) is 0.882. The molecule has 3 heterocycles. The van der Waals surface area contributed by atoms with E-state index in [-0.39, 0.29) is 6.03 Å². The van der Waals surface area contributed by atoms with Gasteiger partial charge in [0.25, 0.3) is 0 Å². The molecule has 1 aliphatic heterocycles. The van der Waals surface area contributed by atoms with Crippen LogP contribution in [0.25, 0.3) is 0 Å². The van der Waals surface area contributed by atoms with E-state index in [1.807, 2.05) is 24.0 Å². The van der Waals surface area contributed by atoms with Crippen molar-refractivity contribution in [2.75, 3.05) is 33.3 Å². The van der Waals surface area contributed by atoms with E-state index < -0.39 is 0 Å². The molecule has 0 aliphatic carbocycles. The van der Waals surface area contributed by atoms with E-state index in [1.54, 1.807) is 19.4 Å². The third-order valence-electron chi connectivity index (χ3n) is 4.17. The van der Waals surface area contributed by atoms with E-state index in [9.17, 15) is 4.79 Å². The summed E-state index contributed by atoms with van der Waals surface area (Å²) in [5.41, 5.74) is 1.83. The van der Waals surface area contributed by atoms with Gasteiger partial charge in [0.15, 0.2) is 5.76 Å². The number of aromatic nitrogens is 2. The maximum Gasteiger partial charge on any atom is 0.317 e. The van der Waals surface area contributed by atoms with Gasteiger partial charge in [-0.3, -0.25) is 4.90 Å². The Hall–Kier alpha value is -2.61. The highest BCUT2D eigenvalue weighted by Gasteiger charge is 2.21. The second-order valence-corrected chi connectivity index (χ2v) is 6.07. The molecule has 1 N–H and O–H groups in total. The highest BCUT2D eigenvalue weighted by atomic mass is 16.5. The van der Waals surface area contributed by atoms with Crippen molar-refractivity contribution >= 4 is 6.03 Å². The van der Waals surface area contributed by atoms with Crippen molar-refractivity contribution in [1.29, 1.82) is 0 Å². The predicted octanol–water partition coefficient (Wildman–Crippen LogP) is 1.41. The van der Waals surface area contributed by atoms with Crippen LogP contribution in [-0.2, 0) is 13.1 Å². The Labute approximate surface area is 146 Å². The SMILES string of the molecule is COc1ccc(CNC(=O)N2CCN(Cc3cc(C)no3)CC2)cn1. The first-order valence-electron chi connectivity index (χ1n) is 8.30. The summed E-state index contributed by atoms with van der Waals surface area (Å²) in [5, 5.41) is 6.83. The van der Waals surface area contributed by atoms with Crippen molar-refractivity contribution in [2.45, 2.75) is 20.0 Å². The lowest BCUT2D eigenvalue weighted by molar-refractivity contribution is 0.127. The molecule has 134 valence electrons.